The molecule has 2 aromatic carbocycles. The number of nitrogens with zero attached hydrogens (tertiary/aromatic N) is 2. The molecule has 2 fully saturated rings. The number of aromatic hydroxyl groups is 1. The summed E-state index contributed by atoms with van der Waals surface area (Å²) >= 11 is 0. The molecule has 0 radical (unpaired) electrons. The van der Waals surface area contributed by atoms with Crippen LogP contribution in [0, 0.1) is 5.41 Å². The van der Waals surface area contributed by atoms with Crippen LogP contribution in [0.3, 0.4) is 0 Å². The first-order valence-corrected chi connectivity index (χ1v) is 12.2. The van der Waals surface area contributed by atoms with Crippen molar-refractivity contribution in [1.82, 2.24) is 9.80 Å². The van der Waals surface area contributed by atoms with Crippen LogP contribution in [-0.4, -0.2) is 51.9 Å². The number of hydrogen-bond donors (Lipinski definition) is 1. The Morgan fingerprint density at radius 1 is 1.00 bits per heavy atom. The van der Waals surface area contributed by atoms with E-state index in [0.29, 0.717) is 31.7 Å². The number of carbonyl (C=O) groups excluding carboxylic acids is 2. The minimum absolute atomic E-state index is 0.00350. The zero-order valence-electron chi connectivity index (χ0n) is 19.9. The van der Waals surface area contributed by atoms with E-state index in [-0.39, 0.29) is 34.7 Å². The first-order chi connectivity index (χ1) is 15.7. The minimum atomic E-state index is -0.382. The summed E-state index contributed by atoms with van der Waals surface area (Å²) in [5.74, 6) is 0.437. The van der Waals surface area contributed by atoms with Crippen LogP contribution in [-0.2, 0) is 27.8 Å². The van der Waals surface area contributed by atoms with Crippen molar-refractivity contribution in [2.45, 2.75) is 70.4 Å². The van der Waals surface area contributed by atoms with E-state index in [1.807, 2.05) is 46.2 Å². The normalized spacial score (nSPS) is 27.8. The molecule has 33 heavy (non-hydrogen) atoms. The second-order valence-electron chi connectivity index (χ2n) is 10.8. The average Bonchev–Trinajstić information content (AvgIpc) is 3.27. The SMILES string of the molecule is CC1(C)[C@H]2Cc3c(O)cccc3[C@]1(C)CCN2C(=O)C1CCCN1C(=O)Cc1ccccc1. The fourth-order valence-corrected chi connectivity index (χ4v) is 6.58. The van der Waals surface area contributed by atoms with E-state index in [1.165, 1.54) is 5.56 Å². The van der Waals surface area contributed by atoms with Crippen LogP contribution >= 0.6 is 0 Å². The monoisotopic (exact) mass is 446 g/mol. The van der Waals surface area contributed by atoms with E-state index < -0.39 is 0 Å². The van der Waals surface area contributed by atoms with Crippen LogP contribution in [0.1, 0.15) is 56.7 Å². The molecule has 174 valence electrons. The van der Waals surface area contributed by atoms with Gasteiger partial charge in [-0.25, -0.2) is 0 Å². The second-order valence-corrected chi connectivity index (χ2v) is 10.8. The maximum absolute atomic E-state index is 13.9. The number of rotatable bonds is 3. The summed E-state index contributed by atoms with van der Waals surface area (Å²) < 4.78 is 0. The maximum atomic E-state index is 13.9. The molecule has 5 rings (SSSR count). The Bertz CT molecular complexity index is 1080. The number of phenols is 1. The quantitative estimate of drug-likeness (QED) is 0.773. The number of phenolic OH excluding ortho intramolecular Hbond substituents is 1. The average molecular weight is 447 g/mol. The zero-order valence-corrected chi connectivity index (χ0v) is 19.9. The Morgan fingerprint density at radius 3 is 2.52 bits per heavy atom. The Labute approximate surface area is 196 Å². The highest BCUT2D eigenvalue weighted by atomic mass is 16.3. The number of piperidine rings is 1. The number of likely N-dealkylation sites (tertiary alicyclic amines) is 2. The van der Waals surface area contributed by atoms with Gasteiger partial charge in [0.25, 0.3) is 0 Å². The van der Waals surface area contributed by atoms with Crippen LogP contribution in [0.15, 0.2) is 48.5 Å². The van der Waals surface area contributed by atoms with E-state index in [2.05, 4.69) is 26.8 Å². The van der Waals surface area contributed by atoms with E-state index in [0.717, 1.165) is 30.4 Å². The number of hydrogen-bond acceptors (Lipinski definition) is 3. The smallest absolute Gasteiger partial charge is 0.245 e. The van der Waals surface area contributed by atoms with Crippen molar-refractivity contribution < 1.29 is 14.7 Å². The van der Waals surface area contributed by atoms with Crippen molar-refractivity contribution in [1.29, 1.82) is 0 Å². The lowest BCUT2D eigenvalue weighted by Crippen LogP contribution is -2.66. The third kappa shape index (κ3) is 3.35. The van der Waals surface area contributed by atoms with Crippen molar-refractivity contribution in [2.75, 3.05) is 13.1 Å². The lowest BCUT2D eigenvalue weighted by molar-refractivity contribution is -0.152. The van der Waals surface area contributed by atoms with E-state index in [9.17, 15) is 14.7 Å². The predicted octanol–water partition coefficient (Wildman–Crippen LogP) is 4.07. The summed E-state index contributed by atoms with van der Waals surface area (Å²) in [6.45, 7) is 8.14. The van der Waals surface area contributed by atoms with Crippen LogP contribution in [0.2, 0.25) is 0 Å². The van der Waals surface area contributed by atoms with Gasteiger partial charge in [0.1, 0.15) is 11.8 Å². The fourth-order valence-electron chi connectivity index (χ4n) is 6.58. The highest BCUT2D eigenvalue weighted by Gasteiger charge is 2.58. The van der Waals surface area contributed by atoms with E-state index in [1.54, 1.807) is 6.07 Å². The van der Waals surface area contributed by atoms with Gasteiger partial charge in [-0.1, -0.05) is 63.2 Å². The number of fused-ring (bicyclic) bond motifs is 4. The number of amides is 2. The molecular weight excluding hydrogens is 412 g/mol. The fraction of sp³-hybridized carbons (Fsp3) is 0.500. The predicted molar refractivity (Wildman–Crippen MR) is 128 cm³/mol. The molecule has 5 nitrogen and oxygen atoms in total. The molecule has 2 aromatic rings. The lowest BCUT2D eigenvalue weighted by Gasteiger charge is -2.61. The Kier molecular flexibility index (Phi) is 5.26. The third-order valence-electron chi connectivity index (χ3n) is 8.97. The second kappa shape index (κ2) is 7.89. The van der Waals surface area contributed by atoms with Crippen LogP contribution < -0.4 is 0 Å². The van der Waals surface area contributed by atoms with Crippen LogP contribution in [0.4, 0.5) is 0 Å². The third-order valence-corrected chi connectivity index (χ3v) is 8.97. The van der Waals surface area contributed by atoms with E-state index >= 15 is 0 Å². The molecule has 2 bridgehead atoms. The van der Waals surface area contributed by atoms with Crippen molar-refractivity contribution >= 4 is 11.8 Å². The highest BCUT2D eigenvalue weighted by molar-refractivity contribution is 5.89. The molecule has 5 heteroatoms. The lowest BCUT2D eigenvalue weighted by atomic mass is 9.51. The Hall–Kier alpha value is -2.82. The van der Waals surface area contributed by atoms with Gasteiger partial charge in [0.05, 0.1) is 6.42 Å². The molecular formula is C28H34N2O3. The van der Waals surface area contributed by atoms with Gasteiger partial charge in [-0.05, 0) is 53.9 Å². The summed E-state index contributed by atoms with van der Waals surface area (Å²) in [5.41, 5.74) is 2.93. The van der Waals surface area contributed by atoms with Crippen molar-refractivity contribution in [2.24, 2.45) is 5.41 Å². The van der Waals surface area contributed by atoms with Crippen molar-refractivity contribution in [3.05, 3.63) is 65.2 Å². The topological polar surface area (TPSA) is 60.9 Å². The summed E-state index contributed by atoms with van der Waals surface area (Å²) in [5, 5.41) is 10.6. The van der Waals surface area contributed by atoms with Gasteiger partial charge in [-0.15, -0.1) is 0 Å². The Balaban J connectivity index is 1.41. The molecule has 2 saturated heterocycles. The number of carbonyl (C=O) groups is 2. The minimum Gasteiger partial charge on any atom is -0.508 e. The molecule has 0 spiro atoms. The Morgan fingerprint density at radius 2 is 1.76 bits per heavy atom. The summed E-state index contributed by atoms with van der Waals surface area (Å²) in [4.78, 5) is 30.9. The molecule has 2 amide bonds. The molecule has 3 atom stereocenters. The molecule has 2 aliphatic heterocycles. The van der Waals surface area contributed by atoms with Crippen molar-refractivity contribution in [3.8, 4) is 5.75 Å². The van der Waals surface area contributed by atoms with Gasteiger partial charge >= 0.3 is 0 Å². The molecule has 3 aliphatic rings. The standard InChI is InChI=1S/C28H34N2O3/c1-27(2)24-18-20-21(11-7-13-23(20)31)28(27,3)14-16-30(24)26(33)22-12-8-15-29(22)25(32)17-19-9-5-4-6-10-19/h4-7,9-11,13,22,24,31H,8,12,14-18H2,1-3H3/t22?,24-,28+/m1/s1. The molecule has 1 unspecified atom stereocenters. The van der Waals surface area contributed by atoms with Gasteiger partial charge in [-0.3, -0.25) is 9.59 Å². The van der Waals surface area contributed by atoms with Gasteiger partial charge < -0.3 is 14.9 Å². The first kappa shape index (κ1) is 22.0. The van der Waals surface area contributed by atoms with Gasteiger partial charge in [-0.2, -0.15) is 0 Å². The number of benzene rings is 2. The largest absolute Gasteiger partial charge is 0.508 e. The van der Waals surface area contributed by atoms with Gasteiger partial charge in [0, 0.05) is 24.5 Å². The van der Waals surface area contributed by atoms with Gasteiger partial charge in [0.2, 0.25) is 11.8 Å². The molecule has 0 saturated carbocycles. The maximum Gasteiger partial charge on any atom is 0.245 e. The van der Waals surface area contributed by atoms with Gasteiger partial charge in [0.15, 0.2) is 0 Å². The van der Waals surface area contributed by atoms with E-state index in [4.69, 9.17) is 0 Å². The summed E-state index contributed by atoms with van der Waals surface area (Å²) in [6.07, 6.45) is 3.42. The highest BCUT2D eigenvalue weighted by Crippen LogP contribution is 2.57. The first-order valence-electron chi connectivity index (χ1n) is 12.2. The summed E-state index contributed by atoms with van der Waals surface area (Å²) in [7, 11) is 0. The van der Waals surface area contributed by atoms with Crippen molar-refractivity contribution in [3.63, 3.8) is 0 Å². The zero-order chi connectivity index (χ0) is 23.4. The van der Waals surface area contributed by atoms with Crippen LogP contribution in [0.5, 0.6) is 5.75 Å². The summed E-state index contributed by atoms with van der Waals surface area (Å²) in [6, 6.07) is 15.2. The molecule has 2 heterocycles. The molecule has 1 N–H and O–H groups in total. The molecule has 1 aliphatic carbocycles. The van der Waals surface area contributed by atoms with Crippen LogP contribution in [0.25, 0.3) is 0 Å². The molecule has 0 aromatic heterocycles.